The Hall–Kier alpha value is -1.94. The lowest BCUT2D eigenvalue weighted by atomic mass is 10.2. The predicted octanol–water partition coefficient (Wildman–Crippen LogP) is 2.87. The van der Waals surface area contributed by atoms with Gasteiger partial charge in [0.25, 0.3) is 0 Å². The first-order valence-corrected chi connectivity index (χ1v) is 6.99. The molecule has 0 atom stereocenters. The van der Waals surface area contributed by atoms with Crippen LogP contribution in [0.4, 0.5) is 0 Å². The SMILES string of the molecule is c1ccc(COCCn2cc3c(c2)OCCCO3)cc1. The van der Waals surface area contributed by atoms with Crippen LogP contribution < -0.4 is 9.47 Å². The first-order valence-electron chi connectivity index (χ1n) is 6.99. The van der Waals surface area contributed by atoms with Crippen molar-refractivity contribution in [2.24, 2.45) is 0 Å². The van der Waals surface area contributed by atoms with Crippen molar-refractivity contribution in [1.29, 1.82) is 0 Å². The molecule has 0 aliphatic carbocycles. The average Bonchev–Trinajstić information content (AvgIpc) is 2.74. The molecule has 2 heterocycles. The molecule has 1 aromatic carbocycles. The van der Waals surface area contributed by atoms with Gasteiger partial charge in [0.1, 0.15) is 0 Å². The summed E-state index contributed by atoms with van der Waals surface area (Å²) in [6.45, 7) is 3.56. The van der Waals surface area contributed by atoms with E-state index >= 15 is 0 Å². The molecule has 0 fully saturated rings. The number of rotatable bonds is 5. The molecule has 1 aromatic heterocycles. The smallest absolute Gasteiger partial charge is 0.178 e. The minimum atomic E-state index is 0.648. The maximum atomic E-state index is 5.68. The van der Waals surface area contributed by atoms with E-state index in [4.69, 9.17) is 14.2 Å². The summed E-state index contributed by atoms with van der Waals surface area (Å²) in [6, 6.07) is 10.2. The quantitative estimate of drug-likeness (QED) is 0.785. The van der Waals surface area contributed by atoms with Gasteiger partial charge in [0, 0.05) is 13.0 Å². The van der Waals surface area contributed by atoms with Gasteiger partial charge in [-0.15, -0.1) is 0 Å². The molecule has 0 bridgehead atoms. The molecule has 3 rings (SSSR count). The lowest BCUT2D eigenvalue weighted by Gasteiger charge is -2.05. The summed E-state index contributed by atoms with van der Waals surface area (Å²) in [6.07, 6.45) is 4.90. The third-order valence-electron chi connectivity index (χ3n) is 3.22. The van der Waals surface area contributed by atoms with Crippen molar-refractivity contribution in [2.45, 2.75) is 19.6 Å². The number of hydrogen-bond donors (Lipinski definition) is 0. The molecule has 1 aliphatic heterocycles. The summed E-state index contributed by atoms with van der Waals surface area (Å²) in [4.78, 5) is 0. The fourth-order valence-corrected chi connectivity index (χ4v) is 2.17. The Kier molecular flexibility index (Phi) is 4.23. The van der Waals surface area contributed by atoms with E-state index in [1.54, 1.807) is 0 Å². The van der Waals surface area contributed by atoms with E-state index in [0.29, 0.717) is 13.2 Å². The van der Waals surface area contributed by atoms with Crippen molar-refractivity contribution in [3.63, 3.8) is 0 Å². The topological polar surface area (TPSA) is 32.6 Å². The Balaban J connectivity index is 1.47. The van der Waals surface area contributed by atoms with Crippen LogP contribution in [0.3, 0.4) is 0 Å². The van der Waals surface area contributed by atoms with Crippen LogP contribution in [0.5, 0.6) is 11.5 Å². The minimum absolute atomic E-state index is 0.648. The zero-order valence-electron chi connectivity index (χ0n) is 11.5. The number of fused-ring (bicyclic) bond motifs is 1. The van der Waals surface area contributed by atoms with E-state index in [2.05, 4.69) is 16.7 Å². The molecule has 0 saturated heterocycles. The summed E-state index contributed by atoms with van der Waals surface area (Å²) in [5.41, 5.74) is 1.20. The molecule has 1 aliphatic rings. The van der Waals surface area contributed by atoms with Crippen molar-refractivity contribution in [3.8, 4) is 11.5 Å². The Labute approximate surface area is 118 Å². The molecular weight excluding hydrogens is 254 g/mol. The van der Waals surface area contributed by atoms with Crippen molar-refractivity contribution in [1.82, 2.24) is 4.57 Å². The second kappa shape index (κ2) is 6.48. The largest absolute Gasteiger partial charge is 0.488 e. The second-order valence-corrected chi connectivity index (χ2v) is 4.81. The van der Waals surface area contributed by atoms with E-state index in [0.717, 1.165) is 37.7 Å². The van der Waals surface area contributed by atoms with Crippen molar-refractivity contribution in [2.75, 3.05) is 19.8 Å². The summed E-state index contributed by atoms with van der Waals surface area (Å²) in [7, 11) is 0. The second-order valence-electron chi connectivity index (χ2n) is 4.81. The van der Waals surface area contributed by atoms with Crippen LogP contribution in [0.1, 0.15) is 12.0 Å². The minimum Gasteiger partial charge on any atom is -0.488 e. The molecule has 20 heavy (non-hydrogen) atoms. The van der Waals surface area contributed by atoms with Gasteiger partial charge in [0.15, 0.2) is 11.5 Å². The summed E-state index contributed by atoms with van der Waals surface area (Å²) < 4.78 is 19.0. The molecule has 0 spiro atoms. The monoisotopic (exact) mass is 273 g/mol. The predicted molar refractivity (Wildman–Crippen MR) is 76.1 cm³/mol. The molecule has 2 aromatic rings. The first-order chi connectivity index (χ1) is 9.92. The third-order valence-corrected chi connectivity index (χ3v) is 3.22. The molecule has 0 radical (unpaired) electrons. The number of ether oxygens (including phenoxy) is 3. The fourth-order valence-electron chi connectivity index (χ4n) is 2.17. The molecule has 0 unspecified atom stereocenters. The average molecular weight is 273 g/mol. The Morgan fingerprint density at radius 3 is 2.40 bits per heavy atom. The number of benzene rings is 1. The molecule has 106 valence electrons. The van der Waals surface area contributed by atoms with Gasteiger partial charge in [-0.05, 0) is 5.56 Å². The molecule has 4 nitrogen and oxygen atoms in total. The normalized spacial score (nSPS) is 14.0. The zero-order chi connectivity index (χ0) is 13.6. The highest BCUT2D eigenvalue weighted by molar-refractivity contribution is 5.38. The van der Waals surface area contributed by atoms with Crippen molar-refractivity contribution >= 4 is 0 Å². The standard InChI is InChI=1S/C16H19NO3/c1-2-5-14(6-3-1)13-18-10-7-17-11-15-16(12-17)20-9-4-8-19-15/h1-3,5-6,11-12H,4,7-10,13H2. The Morgan fingerprint density at radius 2 is 1.70 bits per heavy atom. The van der Waals surface area contributed by atoms with Gasteiger partial charge in [0.2, 0.25) is 0 Å². The summed E-state index contributed by atoms with van der Waals surface area (Å²) in [5, 5.41) is 0. The van der Waals surface area contributed by atoms with Crippen LogP contribution in [0.2, 0.25) is 0 Å². The van der Waals surface area contributed by atoms with Crippen LogP contribution in [0, 0.1) is 0 Å². The van der Waals surface area contributed by atoms with Gasteiger partial charge in [-0.3, -0.25) is 0 Å². The van der Waals surface area contributed by atoms with Crippen LogP contribution in [0.15, 0.2) is 42.7 Å². The lowest BCUT2D eigenvalue weighted by Crippen LogP contribution is -2.05. The molecule has 4 heteroatoms. The molecule has 0 saturated carbocycles. The molecule has 0 amide bonds. The Morgan fingerprint density at radius 1 is 1.00 bits per heavy atom. The first kappa shape index (κ1) is 13.1. The van der Waals surface area contributed by atoms with Crippen LogP contribution in [-0.4, -0.2) is 24.4 Å². The molecule has 0 N–H and O–H groups in total. The van der Waals surface area contributed by atoms with Crippen LogP contribution in [-0.2, 0) is 17.9 Å². The van der Waals surface area contributed by atoms with Crippen molar-refractivity contribution in [3.05, 3.63) is 48.3 Å². The van der Waals surface area contributed by atoms with E-state index in [-0.39, 0.29) is 0 Å². The summed E-state index contributed by atoms with van der Waals surface area (Å²) >= 11 is 0. The maximum absolute atomic E-state index is 5.68. The van der Waals surface area contributed by atoms with Gasteiger partial charge in [0.05, 0.1) is 38.8 Å². The molecular formula is C16H19NO3. The number of hydrogen-bond acceptors (Lipinski definition) is 3. The summed E-state index contributed by atoms with van der Waals surface area (Å²) in [5.74, 6) is 1.68. The highest BCUT2D eigenvalue weighted by atomic mass is 16.5. The van der Waals surface area contributed by atoms with Gasteiger partial charge >= 0.3 is 0 Å². The van der Waals surface area contributed by atoms with Gasteiger partial charge in [-0.1, -0.05) is 30.3 Å². The lowest BCUT2D eigenvalue weighted by molar-refractivity contribution is 0.113. The third kappa shape index (κ3) is 3.33. The highest BCUT2D eigenvalue weighted by Crippen LogP contribution is 2.30. The Bertz CT molecular complexity index is 512. The van der Waals surface area contributed by atoms with E-state index in [9.17, 15) is 0 Å². The van der Waals surface area contributed by atoms with Crippen LogP contribution in [0.25, 0.3) is 0 Å². The maximum Gasteiger partial charge on any atom is 0.178 e. The highest BCUT2D eigenvalue weighted by Gasteiger charge is 2.12. The van der Waals surface area contributed by atoms with Crippen molar-refractivity contribution < 1.29 is 14.2 Å². The number of aromatic nitrogens is 1. The van der Waals surface area contributed by atoms with Gasteiger partial charge in [-0.2, -0.15) is 0 Å². The van der Waals surface area contributed by atoms with Crippen LogP contribution >= 0.6 is 0 Å². The number of nitrogens with zero attached hydrogens (tertiary/aromatic N) is 1. The fraction of sp³-hybridized carbons (Fsp3) is 0.375. The zero-order valence-corrected chi connectivity index (χ0v) is 11.5. The van der Waals surface area contributed by atoms with E-state index in [1.165, 1.54) is 5.56 Å². The van der Waals surface area contributed by atoms with Gasteiger partial charge in [-0.25, -0.2) is 0 Å². The van der Waals surface area contributed by atoms with E-state index < -0.39 is 0 Å². The van der Waals surface area contributed by atoms with Gasteiger partial charge < -0.3 is 18.8 Å². The van der Waals surface area contributed by atoms with E-state index in [1.807, 2.05) is 30.6 Å².